The van der Waals surface area contributed by atoms with Crippen molar-refractivity contribution in [1.82, 2.24) is 9.88 Å². The van der Waals surface area contributed by atoms with Crippen LogP contribution in [-0.4, -0.2) is 39.1 Å². The number of nitrogens with one attached hydrogen (secondary N) is 1. The van der Waals surface area contributed by atoms with Gasteiger partial charge >= 0.3 is 0 Å². The summed E-state index contributed by atoms with van der Waals surface area (Å²) in [5.41, 5.74) is 1.12. The third-order valence-electron chi connectivity index (χ3n) is 4.03. The first-order valence-electron chi connectivity index (χ1n) is 7.09. The molecule has 2 heterocycles. The minimum Gasteiger partial charge on any atom is -0.391 e. The molecule has 1 aliphatic heterocycles. The molecule has 1 unspecified atom stereocenters. The van der Waals surface area contributed by atoms with E-state index in [1.165, 1.54) is 5.56 Å². The predicted molar refractivity (Wildman–Crippen MR) is 74.8 cm³/mol. The van der Waals surface area contributed by atoms with E-state index in [-0.39, 0.29) is 17.6 Å². The summed E-state index contributed by atoms with van der Waals surface area (Å²) in [4.78, 5) is 17.2. The molecule has 0 saturated carbocycles. The fourth-order valence-corrected chi connectivity index (χ4v) is 2.74. The lowest BCUT2D eigenvalue weighted by molar-refractivity contribution is -0.142. The number of aromatic amines is 1. The number of amides is 1. The van der Waals surface area contributed by atoms with Crippen molar-refractivity contribution in [3.63, 3.8) is 0 Å². The highest BCUT2D eigenvalue weighted by Gasteiger charge is 2.36. The minimum absolute atomic E-state index is 0.121. The van der Waals surface area contributed by atoms with Crippen LogP contribution in [0.5, 0.6) is 0 Å². The van der Waals surface area contributed by atoms with Crippen molar-refractivity contribution in [1.29, 1.82) is 0 Å². The van der Waals surface area contributed by atoms with Crippen LogP contribution in [0.1, 0.15) is 45.1 Å². The molecule has 1 aliphatic rings. The zero-order chi connectivity index (χ0) is 13.9. The average Bonchev–Trinajstić information content (AvgIpc) is 2.85. The second-order valence-electron chi connectivity index (χ2n) is 6.08. The number of carbonyl (C=O) groups is 1. The fourth-order valence-electron chi connectivity index (χ4n) is 2.74. The van der Waals surface area contributed by atoms with E-state index in [4.69, 9.17) is 0 Å². The van der Waals surface area contributed by atoms with E-state index in [1.54, 1.807) is 0 Å². The van der Waals surface area contributed by atoms with Crippen LogP contribution in [0, 0.1) is 0 Å². The lowest BCUT2D eigenvalue weighted by atomic mass is 9.88. The van der Waals surface area contributed by atoms with Gasteiger partial charge in [0, 0.05) is 30.9 Å². The number of rotatable bonds is 4. The Balaban J connectivity index is 1.84. The number of aromatic nitrogens is 1. The predicted octanol–water partition coefficient (Wildman–Crippen LogP) is 2.10. The normalized spacial score (nSPS) is 22.5. The second-order valence-corrected chi connectivity index (χ2v) is 6.08. The highest BCUT2D eigenvalue weighted by atomic mass is 16.3. The molecule has 0 spiro atoms. The number of aryl methyl sites for hydroxylation is 1. The monoisotopic (exact) mass is 264 g/mol. The third-order valence-corrected chi connectivity index (χ3v) is 4.03. The Morgan fingerprint density at radius 1 is 1.58 bits per heavy atom. The number of carbonyl (C=O) groups excluding carboxylic acids is 1. The van der Waals surface area contributed by atoms with Crippen LogP contribution >= 0.6 is 0 Å². The van der Waals surface area contributed by atoms with Gasteiger partial charge in [-0.2, -0.15) is 0 Å². The van der Waals surface area contributed by atoms with Crippen LogP contribution in [0.3, 0.4) is 0 Å². The van der Waals surface area contributed by atoms with Gasteiger partial charge in [0.25, 0.3) is 0 Å². The van der Waals surface area contributed by atoms with E-state index in [0.29, 0.717) is 13.0 Å². The molecule has 0 aromatic carbocycles. The molecule has 0 radical (unpaired) electrons. The maximum atomic E-state index is 12.3. The highest BCUT2D eigenvalue weighted by Crippen LogP contribution is 2.28. The van der Waals surface area contributed by atoms with Gasteiger partial charge in [-0.15, -0.1) is 0 Å². The lowest BCUT2D eigenvalue weighted by Crippen LogP contribution is -2.54. The van der Waals surface area contributed by atoms with E-state index in [2.05, 4.69) is 18.8 Å². The standard InChI is InChI=1S/C15H24N2O2/c1-15(2)8-6-13(18)11-17(15)14(19)5-3-4-12-7-9-16-10-12/h7,9-10,13,16,18H,3-6,8,11H2,1-2H3. The molecule has 1 aromatic heterocycles. The van der Waals surface area contributed by atoms with Crippen molar-refractivity contribution in [2.24, 2.45) is 0 Å². The Kier molecular flexibility index (Phi) is 4.30. The van der Waals surface area contributed by atoms with E-state index >= 15 is 0 Å². The molecule has 1 aromatic rings. The SMILES string of the molecule is CC1(C)CCC(O)CN1C(=O)CCCc1cc[nH]c1. The maximum absolute atomic E-state index is 12.3. The van der Waals surface area contributed by atoms with Gasteiger partial charge in [-0.25, -0.2) is 0 Å². The number of aliphatic hydroxyl groups is 1. The summed E-state index contributed by atoms with van der Waals surface area (Å²) < 4.78 is 0. The molecule has 1 saturated heterocycles. The summed E-state index contributed by atoms with van der Waals surface area (Å²) in [7, 11) is 0. The molecule has 1 fully saturated rings. The first-order chi connectivity index (χ1) is 8.99. The van der Waals surface area contributed by atoms with E-state index in [0.717, 1.165) is 25.7 Å². The number of aliphatic hydroxyl groups excluding tert-OH is 1. The Hall–Kier alpha value is -1.29. The molecule has 106 valence electrons. The van der Waals surface area contributed by atoms with Crippen LogP contribution in [0.25, 0.3) is 0 Å². The summed E-state index contributed by atoms with van der Waals surface area (Å²) in [5.74, 6) is 0.166. The number of β-amino-alcohol motifs (C(OH)–C–C–N with tert-alkyl or cyclic N) is 1. The van der Waals surface area contributed by atoms with Crippen LogP contribution in [0.2, 0.25) is 0 Å². The van der Waals surface area contributed by atoms with Crippen molar-refractivity contribution in [2.75, 3.05) is 6.54 Å². The van der Waals surface area contributed by atoms with Crippen LogP contribution < -0.4 is 0 Å². The van der Waals surface area contributed by atoms with Gasteiger partial charge in [-0.05, 0) is 51.2 Å². The molecule has 4 heteroatoms. The molecular formula is C15H24N2O2. The zero-order valence-corrected chi connectivity index (χ0v) is 11.9. The topological polar surface area (TPSA) is 56.3 Å². The molecule has 1 atom stereocenters. The van der Waals surface area contributed by atoms with Crippen LogP contribution in [0.4, 0.5) is 0 Å². The summed E-state index contributed by atoms with van der Waals surface area (Å²) in [5, 5.41) is 9.74. The van der Waals surface area contributed by atoms with Gasteiger partial charge in [-0.1, -0.05) is 0 Å². The molecule has 19 heavy (non-hydrogen) atoms. The van der Waals surface area contributed by atoms with Gasteiger partial charge in [0.15, 0.2) is 0 Å². The molecule has 1 amide bonds. The number of H-pyrrole nitrogens is 1. The zero-order valence-electron chi connectivity index (χ0n) is 11.9. The van der Waals surface area contributed by atoms with Gasteiger partial charge in [0.2, 0.25) is 5.91 Å². The number of nitrogens with zero attached hydrogens (tertiary/aromatic N) is 1. The van der Waals surface area contributed by atoms with Gasteiger partial charge in [0.1, 0.15) is 0 Å². The third kappa shape index (κ3) is 3.60. The summed E-state index contributed by atoms with van der Waals surface area (Å²) >= 11 is 0. The highest BCUT2D eigenvalue weighted by molar-refractivity contribution is 5.77. The van der Waals surface area contributed by atoms with Crippen molar-refractivity contribution in [3.05, 3.63) is 24.0 Å². The smallest absolute Gasteiger partial charge is 0.223 e. The van der Waals surface area contributed by atoms with E-state index in [9.17, 15) is 9.90 Å². The van der Waals surface area contributed by atoms with E-state index < -0.39 is 0 Å². The van der Waals surface area contributed by atoms with Crippen molar-refractivity contribution in [3.8, 4) is 0 Å². The average molecular weight is 264 g/mol. The number of piperidine rings is 1. The Morgan fingerprint density at radius 2 is 2.37 bits per heavy atom. The molecule has 2 rings (SSSR count). The molecule has 0 bridgehead atoms. The van der Waals surface area contributed by atoms with Crippen molar-refractivity contribution < 1.29 is 9.90 Å². The Labute approximate surface area is 114 Å². The van der Waals surface area contributed by atoms with Crippen molar-refractivity contribution >= 4 is 5.91 Å². The largest absolute Gasteiger partial charge is 0.391 e. The fraction of sp³-hybridized carbons (Fsp3) is 0.667. The summed E-state index contributed by atoms with van der Waals surface area (Å²) in [6.07, 6.45) is 7.52. The molecule has 2 N–H and O–H groups in total. The Morgan fingerprint density at radius 3 is 3.05 bits per heavy atom. The molecule has 0 aliphatic carbocycles. The maximum Gasteiger partial charge on any atom is 0.223 e. The molecular weight excluding hydrogens is 240 g/mol. The first kappa shape index (κ1) is 14.1. The lowest BCUT2D eigenvalue weighted by Gasteiger charge is -2.44. The van der Waals surface area contributed by atoms with Crippen molar-refractivity contribution in [2.45, 2.75) is 57.6 Å². The van der Waals surface area contributed by atoms with E-state index in [1.807, 2.05) is 23.4 Å². The minimum atomic E-state index is -0.360. The Bertz CT molecular complexity index is 412. The molecule has 4 nitrogen and oxygen atoms in total. The second kappa shape index (κ2) is 5.78. The number of hydrogen-bond acceptors (Lipinski definition) is 2. The van der Waals surface area contributed by atoms with Crippen LogP contribution in [0.15, 0.2) is 18.5 Å². The summed E-state index contributed by atoms with van der Waals surface area (Å²) in [6, 6.07) is 2.04. The van der Waals surface area contributed by atoms with Gasteiger partial charge in [-0.3, -0.25) is 4.79 Å². The van der Waals surface area contributed by atoms with Crippen LogP contribution in [-0.2, 0) is 11.2 Å². The van der Waals surface area contributed by atoms with Gasteiger partial charge in [0.05, 0.1) is 6.10 Å². The first-order valence-corrected chi connectivity index (χ1v) is 7.09. The number of likely N-dealkylation sites (tertiary alicyclic amines) is 1. The summed E-state index contributed by atoms with van der Waals surface area (Å²) in [6.45, 7) is 4.65. The number of hydrogen-bond donors (Lipinski definition) is 2. The van der Waals surface area contributed by atoms with Gasteiger partial charge < -0.3 is 15.0 Å². The quantitative estimate of drug-likeness (QED) is 0.875.